The molecule has 5 aromatic rings. The van der Waals surface area contributed by atoms with Crippen LogP contribution in [0.25, 0.3) is 0 Å². The first kappa shape index (κ1) is 127. The number of carbonyl (C=O) groups excluding carboxylic acids is 6. The van der Waals surface area contributed by atoms with Crippen molar-refractivity contribution in [3.05, 3.63) is 153 Å². The number of aromatic nitrogens is 3. The molecule has 0 radical (unpaired) electrons. The van der Waals surface area contributed by atoms with E-state index in [9.17, 15) is 53.4 Å². The number of nitro groups is 2. The second-order valence-corrected chi connectivity index (χ2v) is 46.4. The average molecular weight is 2070 g/mol. The SMILES string of the molecule is CC(C)(C)OC(=O)NC(C)(C)C1CN(Cc2ccccc2)CCO1.CN(C(=O)OC(C)(C)C)C(C)(C)C1CN(Cc2ccccc2)CCO1.CN(C(=O)OC(C)(C)C)C(C)(C)C1CN(c2ccc(N)nc2)CCO1.CN(C(=O)OC(C)(C)C)C(C)(C)C1CN(c2ccc([N+](=O)[O-])nc2)CCO1.CN(C(=O)OC(C)(C)C)C(C)(C)C1CNCCO1.CN(C(=O)OC(C)(C)C)C(C)(C)C1CNCCO1.O=[N+]([O-])c1ccc(F)cn1. The van der Waals surface area contributed by atoms with Crippen molar-refractivity contribution >= 4 is 65.4 Å². The number of anilines is 3. The number of amides is 6. The molecule has 6 amide bonds. The van der Waals surface area contributed by atoms with Gasteiger partial charge in [0.25, 0.3) is 0 Å². The molecule has 3 aromatic heterocycles. The average Bonchev–Trinajstić information content (AvgIpc) is 0.813. The van der Waals surface area contributed by atoms with E-state index in [-0.39, 0.29) is 72.6 Å². The molecular formula is C106H175FN18O22. The summed E-state index contributed by atoms with van der Waals surface area (Å²) in [7, 11) is 8.75. The Labute approximate surface area is 872 Å². The topological polar surface area (TPSA) is 429 Å². The third kappa shape index (κ3) is 43.0. The number of nitrogen functional groups attached to an aromatic ring is 1. The standard InChI is InChI=1S/C20H32N2O3.C19H30N2O3.C18H28N4O5.C18H30N4O3.2C13H26N2O3.C5H3FN2O2/c1-19(2,3)25-18(23)21(6)20(4,5)17-15-22(12-13-24-17)14-16-10-8-7-9-11-16;1-18(2,3)24-17(22)20-19(4,5)16-14-21(11-12-23-16)13-15-9-7-6-8-10-15;1-17(2,3)27-16(23)20(6)18(4,5)14-12-21(9-10-26-14)13-7-8-15(19-11-13)22(24)25;1-17(2,3)25-16(23)21(6)18(4,5)14-12-22(9-10-24-14)13-7-8-15(19)20-11-13;2*1-12(2,3)18-11(16)15(6)13(4,5)10-9-14-7-8-17-10;6-4-1-2-5(7-3-4)8(9)10/h7-11,17H,12-15H2,1-6H3;6-10,16H,11-14H2,1-5H3,(H,20,22);7-8,11,14H,9-10,12H2,1-6H3;7-8,11,14H,9-10,12H2,1-6H3,(H2,19,20);2*10,14H,7-9H2,1-6H3;1-3H. The summed E-state index contributed by atoms with van der Waals surface area (Å²) in [5.74, 6) is -0.612. The van der Waals surface area contributed by atoms with Crippen LogP contribution in [0.2, 0.25) is 0 Å². The third-order valence-corrected chi connectivity index (χ3v) is 25.3. The van der Waals surface area contributed by atoms with Gasteiger partial charge in [-0.1, -0.05) is 60.7 Å². The van der Waals surface area contributed by atoms with Crippen LogP contribution in [0.4, 0.5) is 62.0 Å². The Kier molecular flexibility index (Phi) is 47.1. The quantitative estimate of drug-likeness (QED) is 0.0319. The van der Waals surface area contributed by atoms with Crippen molar-refractivity contribution in [3.8, 4) is 0 Å². The molecule has 6 aliphatic rings. The number of benzene rings is 2. The molecule has 0 spiro atoms. The highest BCUT2D eigenvalue weighted by molar-refractivity contribution is 5.72. The molecule has 6 aliphatic heterocycles. The lowest BCUT2D eigenvalue weighted by molar-refractivity contribution is -0.389. The highest BCUT2D eigenvalue weighted by Gasteiger charge is 2.48. The summed E-state index contributed by atoms with van der Waals surface area (Å²) in [5, 5.41) is 30.2. The maximum Gasteiger partial charge on any atom is 0.410 e. The minimum absolute atomic E-state index is 0.0243. The lowest BCUT2D eigenvalue weighted by atomic mass is 9.94. The molecule has 0 saturated carbocycles. The summed E-state index contributed by atoms with van der Waals surface area (Å²) in [6, 6.07) is 29.7. The summed E-state index contributed by atoms with van der Waals surface area (Å²) in [4.78, 5) is 121. The van der Waals surface area contributed by atoms with Gasteiger partial charge in [-0.3, -0.25) is 9.80 Å². The van der Waals surface area contributed by atoms with E-state index in [0.29, 0.717) is 65.1 Å². The molecule has 41 heteroatoms. The fourth-order valence-electron chi connectivity index (χ4n) is 15.2. The Hall–Kier alpha value is -10.8. The molecule has 6 unspecified atom stereocenters. The monoisotopic (exact) mass is 2070 g/mol. The molecule has 147 heavy (non-hydrogen) atoms. The van der Waals surface area contributed by atoms with E-state index in [0.717, 1.165) is 102 Å². The van der Waals surface area contributed by atoms with Crippen molar-refractivity contribution in [2.24, 2.45) is 0 Å². The first-order valence-corrected chi connectivity index (χ1v) is 50.2. The van der Waals surface area contributed by atoms with E-state index in [2.05, 4.69) is 99.0 Å². The molecule has 6 fully saturated rings. The van der Waals surface area contributed by atoms with E-state index in [4.69, 9.17) is 62.6 Å². The number of halogens is 1. The van der Waals surface area contributed by atoms with E-state index in [1.807, 2.05) is 226 Å². The number of hydrogen-bond acceptors (Lipinski definition) is 32. The van der Waals surface area contributed by atoms with Gasteiger partial charge in [0.15, 0.2) is 18.2 Å². The van der Waals surface area contributed by atoms with Crippen molar-refractivity contribution in [1.29, 1.82) is 0 Å². The van der Waals surface area contributed by atoms with Crippen LogP contribution in [-0.2, 0) is 69.9 Å². The predicted octanol–water partition coefficient (Wildman–Crippen LogP) is 16.4. The molecule has 0 aliphatic carbocycles. The van der Waals surface area contributed by atoms with Crippen molar-refractivity contribution in [1.82, 2.24) is 65.2 Å². The Bertz CT molecular complexity index is 4820. The maximum absolute atomic E-state index is 12.5. The first-order chi connectivity index (χ1) is 67.7. The Morgan fingerprint density at radius 2 is 0.667 bits per heavy atom. The van der Waals surface area contributed by atoms with Crippen LogP contribution in [0.5, 0.6) is 0 Å². The summed E-state index contributed by atoms with van der Waals surface area (Å²) < 4.78 is 80.0. The minimum atomic E-state index is -0.681. The van der Waals surface area contributed by atoms with Crippen LogP contribution >= 0.6 is 0 Å². The van der Waals surface area contributed by atoms with Crippen molar-refractivity contribution in [3.63, 3.8) is 0 Å². The summed E-state index contributed by atoms with van der Waals surface area (Å²) in [6.07, 6.45) is 1.32. The smallest absolute Gasteiger partial charge is 0.410 e. The summed E-state index contributed by atoms with van der Waals surface area (Å²) in [6.45, 7) is 72.0. The van der Waals surface area contributed by atoms with Gasteiger partial charge in [0, 0.05) is 139 Å². The molecule has 40 nitrogen and oxygen atoms in total. The van der Waals surface area contributed by atoms with Gasteiger partial charge in [-0.25, -0.2) is 38.1 Å². The second kappa shape index (κ2) is 54.6. The lowest BCUT2D eigenvalue weighted by Gasteiger charge is -2.46. The van der Waals surface area contributed by atoms with Crippen molar-refractivity contribution in [2.45, 2.75) is 324 Å². The molecule has 6 saturated heterocycles. The molecule has 9 heterocycles. The van der Waals surface area contributed by atoms with Gasteiger partial charge in [0.05, 0.1) is 127 Å². The fraction of sp³-hybridized carbons (Fsp3) is 0.689. The number of ether oxygens (including phenoxy) is 12. The largest absolute Gasteiger partial charge is 0.444 e. The zero-order valence-electron chi connectivity index (χ0n) is 94.3. The molecule has 6 atom stereocenters. The van der Waals surface area contributed by atoms with Crippen LogP contribution < -0.4 is 31.5 Å². The lowest BCUT2D eigenvalue weighted by Crippen LogP contribution is -2.60. The number of carbonyl (C=O) groups is 6. The van der Waals surface area contributed by atoms with Gasteiger partial charge >= 0.3 is 48.2 Å². The number of likely N-dealkylation sites (N-methyl/N-ethyl adjacent to an activating group) is 5. The number of morpholine rings is 6. The number of nitrogens with zero attached hydrogens (tertiary/aromatic N) is 14. The van der Waals surface area contributed by atoms with Crippen LogP contribution in [0, 0.1) is 26.0 Å². The molecule has 2 aromatic carbocycles. The minimum Gasteiger partial charge on any atom is -0.444 e. The number of pyridine rings is 3. The predicted molar refractivity (Wildman–Crippen MR) is 566 cm³/mol. The molecule has 11 rings (SSSR count). The summed E-state index contributed by atoms with van der Waals surface area (Å²) >= 11 is 0. The third-order valence-electron chi connectivity index (χ3n) is 25.3. The number of rotatable bonds is 20. The van der Waals surface area contributed by atoms with Gasteiger partial charge in [-0.05, 0) is 263 Å². The molecule has 0 bridgehead atoms. The number of nitrogens with one attached hydrogen (secondary N) is 3. The maximum atomic E-state index is 12.5. The Morgan fingerprint density at radius 1 is 0.381 bits per heavy atom. The Morgan fingerprint density at radius 3 is 0.952 bits per heavy atom. The van der Waals surface area contributed by atoms with Crippen LogP contribution in [0.1, 0.15) is 219 Å². The molecular weight excluding hydrogens is 1900 g/mol. The van der Waals surface area contributed by atoms with Gasteiger partial charge in [-0.15, -0.1) is 0 Å². The normalized spacial score (nSPS) is 19.0. The van der Waals surface area contributed by atoms with Crippen molar-refractivity contribution in [2.75, 3.05) is 169 Å². The zero-order chi connectivity index (χ0) is 111. The van der Waals surface area contributed by atoms with Gasteiger partial charge < -0.3 is 133 Å². The molecule has 5 N–H and O–H groups in total. The number of nitrogens with two attached hydrogens (primary N) is 1. The van der Waals surface area contributed by atoms with Crippen LogP contribution in [0.15, 0.2) is 116 Å². The zero-order valence-corrected chi connectivity index (χ0v) is 94.3. The number of hydrogen-bond donors (Lipinski definition) is 4. The Balaban J connectivity index is 0.000000306. The van der Waals surface area contributed by atoms with E-state index >= 15 is 0 Å². The fourth-order valence-corrected chi connectivity index (χ4v) is 15.2. The second-order valence-electron chi connectivity index (χ2n) is 46.4. The summed E-state index contributed by atoms with van der Waals surface area (Å²) in [5.41, 5.74) is 4.03. The highest BCUT2D eigenvalue weighted by atomic mass is 19.1. The number of alkyl carbamates (subject to hydrolysis) is 1. The van der Waals surface area contributed by atoms with Crippen LogP contribution in [0.3, 0.4) is 0 Å². The molecule has 828 valence electrons. The van der Waals surface area contributed by atoms with Gasteiger partial charge in [0.1, 0.15) is 39.4 Å². The van der Waals surface area contributed by atoms with Gasteiger partial charge in [0.2, 0.25) is 0 Å². The van der Waals surface area contributed by atoms with Gasteiger partial charge in [-0.2, -0.15) is 0 Å². The van der Waals surface area contributed by atoms with Crippen molar-refractivity contribution < 1.29 is 99.8 Å². The van der Waals surface area contributed by atoms with E-state index in [1.165, 1.54) is 23.4 Å². The van der Waals surface area contributed by atoms with Crippen LogP contribution in [-0.4, -0.2) is 353 Å². The van der Waals surface area contributed by atoms with E-state index < -0.39 is 94.7 Å². The first-order valence-electron chi connectivity index (χ1n) is 50.2. The highest BCUT2D eigenvalue weighted by Crippen LogP contribution is 2.34. The van der Waals surface area contributed by atoms with E-state index in [1.54, 1.807) is 78.1 Å².